The molecule has 20 heavy (non-hydrogen) atoms. The van der Waals surface area contributed by atoms with Gasteiger partial charge in [-0.1, -0.05) is 24.8 Å². The molecular formula is C14H9ClF3NO. The molecular weight excluding hydrogens is 291 g/mol. The summed E-state index contributed by atoms with van der Waals surface area (Å²) in [5, 5.41) is 0.0282. The predicted octanol–water partition coefficient (Wildman–Crippen LogP) is 4.67. The van der Waals surface area contributed by atoms with Crippen LogP contribution in [-0.2, 0) is 6.18 Å². The first-order valence-electron chi connectivity index (χ1n) is 5.49. The first-order chi connectivity index (χ1) is 9.36. The Morgan fingerprint density at radius 2 is 1.90 bits per heavy atom. The van der Waals surface area contributed by atoms with Gasteiger partial charge < -0.3 is 4.74 Å². The fraction of sp³-hybridized carbons (Fsp3) is 0.0714. The number of hydrogen-bond acceptors (Lipinski definition) is 2. The molecule has 0 saturated heterocycles. The van der Waals surface area contributed by atoms with Crippen molar-refractivity contribution in [3.63, 3.8) is 0 Å². The highest BCUT2D eigenvalue weighted by Crippen LogP contribution is 2.36. The van der Waals surface area contributed by atoms with E-state index in [0.717, 1.165) is 12.1 Å². The van der Waals surface area contributed by atoms with Gasteiger partial charge in [0.15, 0.2) is 5.76 Å². The fourth-order valence-corrected chi connectivity index (χ4v) is 1.89. The molecule has 0 aliphatic carbocycles. The summed E-state index contributed by atoms with van der Waals surface area (Å²) in [7, 11) is 0. The summed E-state index contributed by atoms with van der Waals surface area (Å²) in [6.07, 6.45) is -1.75. The number of halogens is 4. The number of fused-ring (bicyclic) bond motifs is 1. The van der Waals surface area contributed by atoms with E-state index in [9.17, 15) is 13.2 Å². The monoisotopic (exact) mass is 299 g/mol. The maximum Gasteiger partial charge on any atom is 0.416 e. The number of nitrogens with zero attached hydrogens (tertiary/aromatic N) is 1. The minimum Gasteiger partial charge on any atom is -0.454 e. The van der Waals surface area contributed by atoms with Crippen LogP contribution in [0.2, 0.25) is 0 Å². The normalized spacial score (nSPS) is 14.9. The van der Waals surface area contributed by atoms with Crippen LogP contribution in [0.5, 0.6) is 5.75 Å². The predicted molar refractivity (Wildman–Crippen MR) is 71.9 cm³/mol. The molecule has 1 aliphatic heterocycles. The van der Waals surface area contributed by atoms with Crippen LogP contribution in [0.1, 0.15) is 11.1 Å². The van der Waals surface area contributed by atoms with Gasteiger partial charge in [0.2, 0.25) is 0 Å². The molecule has 0 N–H and O–H groups in total. The van der Waals surface area contributed by atoms with Gasteiger partial charge in [-0.3, -0.25) is 0 Å². The van der Waals surface area contributed by atoms with Gasteiger partial charge in [-0.2, -0.15) is 13.2 Å². The molecule has 1 aromatic carbocycles. The zero-order valence-electron chi connectivity index (χ0n) is 10.2. The summed E-state index contributed by atoms with van der Waals surface area (Å²) >= 11 is 5.99. The average molecular weight is 300 g/mol. The first kappa shape index (κ1) is 14.4. The molecule has 2 nitrogen and oxygen atoms in total. The number of rotatable bonds is 2. The van der Waals surface area contributed by atoms with Crippen LogP contribution >= 0.6 is 11.6 Å². The maximum atomic E-state index is 12.7. The van der Waals surface area contributed by atoms with Crippen molar-refractivity contribution in [2.75, 3.05) is 0 Å². The number of benzene rings is 1. The van der Waals surface area contributed by atoms with E-state index >= 15 is 0 Å². The van der Waals surface area contributed by atoms with Crippen LogP contribution < -0.4 is 4.74 Å². The van der Waals surface area contributed by atoms with E-state index < -0.39 is 11.7 Å². The molecule has 0 fully saturated rings. The summed E-state index contributed by atoms with van der Waals surface area (Å²) in [6, 6.07) is 3.02. The summed E-state index contributed by atoms with van der Waals surface area (Å²) in [5.41, 5.74) is -0.253. The Balaban J connectivity index is 2.62. The quantitative estimate of drug-likeness (QED) is 0.778. The molecule has 0 saturated carbocycles. The first-order valence-corrected chi connectivity index (χ1v) is 5.87. The second-order valence-electron chi connectivity index (χ2n) is 3.87. The van der Waals surface area contributed by atoms with Gasteiger partial charge in [0.25, 0.3) is 0 Å². The molecule has 0 bridgehead atoms. The summed E-state index contributed by atoms with van der Waals surface area (Å²) in [4.78, 5) is 4.05. The van der Waals surface area contributed by atoms with Crippen LogP contribution in [0.15, 0.2) is 60.0 Å². The Labute approximate surface area is 118 Å². The standard InChI is InChI=1S/C14H9ClF3NO/c1-3-10-11(4-2)20-12-7-8(14(16,17)18)5-6-9(12)13(15)19-10/h3-7H,1-2H2. The molecule has 104 valence electrons. The van der Waals surface area contributed by atoms with Crippen molar-refractivity contribution in [1.29, 1.82) is 0 Å². The second-order valence-corrected chi connectivity index (χ2v) is 4.23. The third kappa shape index (κ3) is 2.63. The van der Waals surface area contributed by atoms with E-state index in [1.807, 2.05) is 0 Å². The Morgan fingerprint density at radius 1 is 1.20 bits per heavy atom. The highest BCUT2D eigenvalue weighted by molar-refractivity contribution is 6.70. The smallest absolute Gasteiger partial charge is 0.416 e. The van der Waals surface area contributed by atoms with Crippen molar-refractivity contribution in [3.05, 3.63) is 66.1 Å². The summed E-state index contributed by atoms with van der Waals surface area (Å²) in [6.45, 7) is 7.08. The zero-order chi connectivity index (χ0) is 14.9. The van der Waals surface area contributed by atoms with E-state index in [1.54, 1.807) is 0 Å². The lowest BCUT2D eigenvalue weighted by molar-refractivity contribution is -0.137. The van der Waals surface area contributed by atoms with Gasteiger partial charge in [-0.05, 0) is 30.4 Å². The third-order valence-electron chi connectivity index (χ3n) is 2.60. The SMILES string of the molecule is C=CC1=C(C=C)Oc2cc(C(F)(F)F)ccc2C(Cl)=N1. The number of alkyl halides is 3. The molecule has 0 radical (unpaired) electrons. The Kier molecular flexibility index (Phi) is 3.72. The highest BCUT2D eigenvalue weighted by atomic mass is 35.5. The molecule has 0 unspecified atom stereocenters. The van der Waals surface area contributed by atoms with Crippen LogP contribution in [0.25, 0.3) is 0 Å². The number of ether oxygens (including phenoxy) is 1. The Bertz CT molecular complexity index is 644. The van der Waals surface area contributed by atoms with E-state index in [0.29, 0.717) is 5.70 Å². The number of allylic oxidation sites excluding steroid dienone is 2. The number of hydrogen-bond donors (Lipinski definition) is 0. The Morgan fingerprint density at radius 3 is 2.45 bits per heavy atom. The lowest BCUT2D eigenvalue weighted by atomic mass is 10.1. The van der Waals surface area contributed by atoms with Crippen molar-refractivity contribution >= 4 is 16.8 Å². The molecule has 1 heterocycles. The maximum absolute atomic E-state index is 12.7. The topological polar surface area (TPSA) is 21.6 Å². The molecule has 0 aromatic heterocycles. The van der Waals surface area contributed by atoms with Crippen molar-refractivity contribution < 1.29 is 17.9 Å². The molecule has 1 aromatic rings. The van der Waals surface area contributed by atoms with E-state index in [1.165, 1.54) is 18.2 Å². The van der Waals surface area contributed by atoms with Gasteiger partial charge in [0.1, 0.15) is 16.6 Å². The van der Waals surface area contributed by atoms with Gasteiger partial charge in [0, 0.05) is 0 Å². The molecule has 2 rings (SSSR count). The van der Waals surface area contributed by atoms with Crippen LogP contribution in [0.4, 0.5) is 13.2 Å². The van der Waals surface area contributed by atoms with Crippen LogP contribution in [0, 0.1) is 0 Å². The van der Waals surface area contributed by atoms with Gasteiger partial charge in [0.05, 0.1) is 11.1 Å². The van der Waals surface area contributed by atoms with Crippen molar-refractivity contribution in [2.24, 2.45) is 4.99 Å². The highest BCUT2D eigenvalue weighted by Gasteiger charge is 2.32. The van der Waals surface area contributed by atoms with Crippen molar-refractivity contribution in [2.45, 2.75) is 6.18 Å². The molecule has 0 spiro atoms. The fourth-order valence-electron chi connectivity index (χ4n) is 1.64. The number of aliphatic imine (C=N–C) groups is 1. The Hall–Kier alpha value is -2.01. The van der Waals surface area contributed by atoms with Crippen molar-refractivity contribution in [3.8, 4) is 5.75 Å². The summed E-state index contributed by atoms with van der Waals surface area (Å²) in [5.74, 6) is 0.163. The lowest BCUT2D eigenvalue weighted by Gasteiger charge is -2.12. The third-order valence-corrected chi connectivity index (χ3v) is 2.89. The minimum absolute atomic E-state index is 0.0275. The lowest BCUT2D eigenvalue weighted by Crippen LogP contribution is -2.06. The zero-order valence-corrected chi connectivity index (χ0v) is 10.9. The van der Waals surface area contributed by atoms with Gasteiger partial charge in [-0.25, -0.2) is 4.99 Å². The van der Waals surface area contributed by atoms with E-state index in [4.69, 9.17) is 16.3 Å². The van der Waals surface area contributed by atoms with E-state index in [-0.39, 0.29) is 22.2 Å². The van der Waals surface area contributed by atoms with Crippen LogP contribution in [0.3, 0.4) is 0 Å². The van der Waals surface area contributed by atoms with Crippen molar-refractivity contribution in [1.82, 2.24) is 0 Å². The molecule has 1 aliphatic rings. The minimum atomic E-state index is -4.46. The van der Waals surface area contributed by atoms with Crippen LogP contribution in [-0.4, -0.2) is 5.17 Å². The van der Waals surface area contributed by atoms with Gasteiger partial charge in [-0.15, -0.1) is 0 Å². The van der Waals surface area contributed by atoms with Gasteiger partial charge >= 0.3 is 6.18 Å². The average Bonchev–Trinajstić information content (AvgIpc) is 2.53. The summed E-state index contributed by atoms with van der Waals surface area (Å²) < 4.78 is 43.5. The molecule has 0 amide bonds. The largest absolute Gasteiger partial charge is 0.454 e. The molecule has 6 heteroatoms. The molecule has 0 atom stereocenters. The van der Waals surface area contributed by atoms with E-state index in [2.05, 4.69) is 18.2 Å². The second kappa shape index (κ2) is 5.17.